The second-order valence-corrected chi connectivity index (χ2v) is 5.99. The largest absolute Gasteiger partial charge is 0.399 e. The molecule has 1 saturated carbocycles. The maximum atomic E-state index is 11.9. The van der Waals surface area contributed by atoms with Gasteiger partial charge in [-0.15, -0.1) is 0 Å². The highest BCUT2D eigenvalue weighted by Gasteiger charge is 2.20. The highest BCUT2D eigenvalue weighted by molar-refractivity contribution is 5.76. The van der Waals surface area contributed by atoms with Crippen molar-refractivity contribution in [3.63, 3.8) is 0 Å². The van der Waals surface area contributed by atoms with Gasteiger partial charge in [-0.05, 0) is 48.8 Å². The molecule has 0 aliphatic heterocycles. The van der Waals surface area contributed by atoms with E-state index in [0.717, 1.165) is 36.8 Å². The molecule has 1 aromatic rings. The molecule has 116 valence electrons. The minimum Gasteiger partial charge on any atom is -0.399 e. The van der Waals surface area contributed by atoms with Crippen LogP contribution < -0.4 is 11.1 Å². The summed E-state index contributed by atoms with van der Waals surface area (Å²) < 4.78 is 5.54. The van der Waals surface area contributed by atoms with Crippen molar-refractivity contribution >= 4 is 11.6 Å². The fraction of sp³-hybridized carbons (Fsp3) is 0.588. The monoisotopic (exact) mass is 290 g/mol. The number of carbonyl (C=O) groups is 1. The molecule has 1 aliphatic rings. The zero-order chi connectivity index (χ0) is 15.1. The predicted molar refractivity (Wildman–Crippen MR) is 85.1 cm³/mol. The second kappa shape index (κ2) is 8.03. The molecular formula is C17H26N2O2. The molecule has 0 heterocycles. The highest BCUT2D eigenvalue weighted by atomic mass is 16.5. The number of amides is 1. The van der Waals surface area contributed by atoms with Crippen LogP contribution >= 0.6 is 0 Å². The van der Waals surface area contributed by atoms with Crippen molar-refractivity contribution in [2.75, 3.05) is 25.5 Å². The van der Waals surface area contributed by atoms with Crippen molar-refractivity contribution in [2.45, 2.75) is 38.5 Å². The van der Waals surface area contributed by atoms with E-state index in [9.17, 15) is 4.79 Å². The Morgan fingerprint density at radius 1 is 1.38 bits per heavy atom. The first-order valence-corrected chi connectivity index (χ1v) is 7.85. The number of nitrogen functional groups attached to an aromatic ring is 1. The minimum absolute atomic E-state index is 0.0986. The van der Waals surface area contributed by atoms with E-state index in [2.05, 4.69) is 12.2 Å². The summed E-state index contributed by atoms with van der Waals surface area (Å²) in [5.74, 6) is 1.11. The topological polar surface area (TPSA) is 64.3 Å². The minimum atomic E-state index is 0.0986. The number of nitrogens with one attached hydrogen (secondary N) is 1. The van der Waals surface area contributed by atoms with Gasteiger partial charge in [0.05, 0.1) is 0 Å². The Labute approximate surface area is 127 Å². The van der Waals surface area contributed by atoms with Gasteiger partial charge in [0.15, 0.2) is 0 Å². The zero-order valence-electron chi connectivity index (χ0n) is 12.8. The molecular weight excluding hydrogens is 264 g/mol. The highest BCUT2D eigenvalue weighted by Crippen LogP contribution is 2.28. The third-order valence-electron chi connectivity index (χ3n) is 3.84. The first kappa shape index (κ1) is 15.8. The van der Waals surface area contributed by atoms with Crippen molar-refractivity contribution in [1.82, 2.24) is 5.32 Å². The molecule has 1 aromatic carbocycles. The number of rotatable bonds is 9. The zero-order valence-corrected chi connectivity index (χ0v) is 12.8. The molecule has 0 radical (unpaired) electrons. The molecule has 21 heavy (non-hydrogen) atoms. The Kier molecular flexibility index (Phi) is 6.05. The van der Waals surface area contributed by atoms with Crippen LogP contribution in [0.15, 0.2) is 24.3 Å². The van der Waals surface area contributed by atoms with E-state index in [4.69, 9.17) is 10.5 Å². The van der Waals surface area contributed by atoms with Gasteiger partial charge in [0.25, 0.3) is 0 Å². The molecule has 0 spiro atoms. The molecule has 0 bridgehead atoms. The van der Waals surface area contributed by atoms with Gasteiger partial charge in [0.2, 0.25) is 5.91 Å². The van der Waals surface area contributed by atoms with Crippen LogP contribution in [0.2, 0.25) is 0 Å². The lowest BCUT2D eigenvalue weighted by Crippen LogP contribution is -2.26. The number of ether oxygens (including phenoxy) is 1. The van der Waals surface area contributed by atoms with E-state index >= 15 is 0 Å². The van der Waals surface area contributed by atoms with E-state index in [0.29, 0.717) is 13.0 Å². The number of benzene rings is 1. The van der Waals surface area contributed by atoms with Crippen molar-refractivity contribution < 1.29 is 9.53 Å². The van der Waals surface area contributed by atoms with Crippen molar-refractivity contribution in [2.24, 2.45) is 5.92 Å². The molecule has 1 fully saturated rings. The summed E-state index contributed by atoms with van der Waals surface area (Å²) in [7, 11) is 0. The van der Waals surface area contributed by atoms with E-state index in [1.54, 1.807) is 0 Å². The summed E-state index contributed by atoms with van der Waals surface area (Å²) in [6.45, 7) is 4.38. The fourth-order valence-electron chi connectivity index (χ4n) is 2.23. The average Bonchev–Trinajstić information content (AvgIpc) is 3.27. The third-order valence-corrected chi connectivity index (χ3v) is 3.84. The number of hydrogen-bond donors (Lipinski definition) is 2. The Morgan fingerprint density at radius 2 is 2.10 bits per heavy atom. The average molecular weight is 290 g/mol. The molecule has 0 saturated heterocycles. The number of hydrogen-bond acceptors (Lipinski definition) is 3. The van der Waals surface area contributed by atoms with Crippen LogP contribution in [0.3, 0.4) is 0 Å². The van der Waals surface area contributed by atoms with Crippen LogP contribution in [0.1, 0.15) is 44.1 Å². The summed E-state index contributed by atoms with van der Waals surface area (Å²) in [4.78, 5) is 11.9. The van der Waals surface area contributed by atoms with Crippen LogP contribution in [-0.2, 0) is 9.53 Å². The van der Waals surface area contributed by atoms with E-state index in [-0.39, 0.29) is 11.8 Å². The van der Waals surface area contributed by atoms with Crippen LogP contribution in [0.25, 0.3) is 0 Å². The lowest BCUT2D eigenvalue weighted by molar-refractivity contribution is -0.121. The third kappa shape index (κ3) is 6.17. The standard InChI is InChI=1S/C17H26N2O2/c1-13(15-5-7-16(18)8-6-15)11-17(20)19-9-2-10-21-12-14-3-4-14/h5-8,13-14H,2-4,9-12,18H2,1H3,(H,19,20). The molecule has 4 nitrogen and oxygen atoms in total. The molecule has 1 unspecified atom stereocenters. The van der Waals surface area contributed by atoms with Gasteiger partial charge in [-0.25, -0.2) is 0 Å². The smallest absolute Gasteiger partial charge is 0.220 e. The molecule has 4 heteroatoms. The lowest BCUT2D eigenvalue weighted by atomic mass is 9.97. The maximum absolute atomic E-state index is 11.9. The van der Waals surface area contributed by atoms with Gasteiger partial charge in [0.1, 0.15) is 0 Å². The quantitative estimate of drug-likeness (QED) is 0.543. The number of carbonyl (C=O) groups excluding carboxylic acids is 1. The number of anilines is 1. The molecule has 1 aliphatic carbocycles. The Hall–Kier alpha value is -1.55. The van der Waals surface area contributed by atoms with Gasteiger partial charge in [-0.3, -0.25) is 4.79 Å². The van der Waals surface area contributed by atoms with Gasteiger partial charge in [-0.1, -0.05) is 19.1 Å². The Morgan fingerprint density at radius 3 is 2.76 bits per heavy atom. The van der Waals surface area contributed by atoms with E-state index in [1.165, 1.54) is 12.8 Å². The summed E-state index contributed by atoms with van der Waals surface area (Å²) >= 11 is 0. The normalized spacial score (nSPS) is 15.7. The Bertz CT molecular complexity index is 441. The summed E-state index contributed by atoms with van der Waals surface area (Å²) in [5.41, 5.74) is 7.56. The van der Waals surface area contributed by atoms with Crippen LogP contribution in [-0.4, -0.2) is 25.7 Å². The van der Waals surface area contributed by atoms with Crippen molar-refractivity contribution in [3.05, 3.63) is 29.8 Å². The first-order valence-electron chi connectivity index (χ1n) is 7.85. The second-order valence-electron chi connectivity index (χ2n) is 5.99. The molecule has 1 amide bonds. The van der Waals surface area contributed by atoms with Crippen LogP contribution in [0, 0.1) is 5.92 Å². The van der Waals surface area contributed by atoms with E-state index in [1.807, 2.05) is 24.3 Å². The molecule has 2 rings (SSSR count). The molecule has 1 atom stereocenters. The van der Waals surface area contributed by atoms with Gasteiger partial charge in [-0.2, -0.15) is 0 Å². The summed E-state index contributed by atoms with van der Waals surface area (Å²) in [5, 5.41) is 2.95. The maximum Gasteiger partial charge on any atom is 0.220 e. The van der Waals surface area contributed by atoms with Gasteiger partial charge >= 0.3 is 0 Å². The fourth-order valence-corrected chi connectivity index (χ4v) is 2.23. The summed E-state index contributed by atoms with van der Waals surface area (Å²) in [6.07, 6.45) is 4.03. The summed E-state index contributed by atoms with van der Waals surface area (Å²) in [6, 6.07) is 7.72. The van der Waals surface area contributed by atoms with E-state index < -0.39 is 0 Å². The van der Waals surface area contributed by atoms with Crippen LogP contribution in [0.4, 0.5) is 5.69 Å². The first-order chi connectivity index (χ1) is 10.1. The lowest BCUT2D eigenvalue weighted by Gasteiger charge is -2.12. The number of nitrogens with two attached hydrogens (primary N) is 1. The van der Waals surface area contributed by atoms with Crippen LogP contribution in [0.5, 0.6) is 0 Å². The predicted octanol–water partition coefficient (Wildman–Crippen LogP) is 2.70. The van der Waals surface area contributed by atoms with Gasteiger partial charge in [0, 0.05) is 31.9 Å². The molecule has 0 aromatic heterocycles. The van der Waals surface area contributed by atoms with Crippen molar-refractivity contribution in [3.8, 4) is 0 Å². The SMILES string of the molecule is CC(CC(=O)NCCCOCC1CC1)c1ccc(N)cc1. The Balaban J connectivity index is 1.56. The van der Waals surface area contributed by atoms with Crippen molar-refractivity contribution in [1.29, 1.82) is 0 Å². The molecule has 3 N–H and O–H groups in total. The van der Waals surface area contributed by atoms with Gasteiger partial charge < -0.3 is 15.8 Å².